The summed E-state index contributed by atoms with van der Waals surface area (Å²) in [5.74, 6) is 1.91. The Kier molecular flexibility index (Phi) is 5.64. The van der Waals surface area contributed by atoms with E-state index in [1.165, 1.54) is 12.8 Å². The highest BCUT2D eigenvalue weighted by Gasteiger charge is 2.38. The van der Waals surface area contributed by atoms with E-state index in [0.29, 0.717) is 18.2 Å². The minimum Gasteiger partial charge on any atom is -0.329 e. The third-order valence-electron chi connectivity index (χ3n) is 4.40. The molecule has 0 aliphatic heterocycles. The highest BCUT2D eigenvalue weighted by Crippen LogP contribution is 2.39. The number of Topliss-reactive ketones (excluding diaryl/α,β-unsaturated/α-hetero) is 1. The maximum atomic E-state index is 12.4. The van der Waals surface area contributed by atoms with Gasteiger partial charge in [-0.05, 0) is 43.9 Å². The first kappa shape index (κ1) is 14.7. The average Bonchev–Trinajstić information content (AvgIpc) is 2.30. The Morgan fingerprint density at radius 1 is 1.35 bits per heavy atom. The molecule has 0 bridgehead atoms. The minimum absolute atomic E-state index is 0.163. The van der Waals surface area contributed by atoms with Crippen molar-refractivity contribution in [1.82, 2.24) is 0 Å². The number of carbonyl (C=O) groups excluding carboxylic acids is 1. The summed E-state index contributed by atoms with van der Waals surface area (Å²) < 4.78 is 0. The summed E-state index contributed by atoms with van der Waals surface area (Å²) in [6.07, 6.45) is 7.32. The zero-order valence-corrected chi connectivity index (χ0v) is 11.8. The Morgan fingerprint density at radius 2 is 1.94 bits per heavy atom. The van der Waals surface area contributed by atoms with Crippen molar-refractivity contribution in [3.63, 3.8) is 0 Å². The summed E-state index contributed by atoms with van der Waals surface area (Å²) in [6, 6.07) is 0. The van der Waals surface area contributed by atoms with Gasteiger partial charge in [0.25, 0.3) is 0 Å². The van der Waals surface area contributed by atoms with Crippen molar-refractivity contribution >= 4 is 5.78 Å². The quantitative estimate of drug-likeness (QED) is 0.770. The topological polar surface area (TPSA) is 43.1 Å². The third kappa shape index (κ3) is 4.09. The Morgan fingerprint density at radius 3 is 2.41 bits per heavy atom. The molecular formula is C15H29NO. The zero-order valence-electron chi connectivity index (χ0n) is 11.8. The second-order valence-corrected chi connectivity index (χ2v) is 6.38. The monoisotopic (exact) mass is 239 g/mol. The predicted octanol–water partition coefficient (Wildman–Crippen LogP) is 3.54. The van der Waals surface area contributed by atoms with E-state index in [-0.39, 0.29) is 5.41 Å². The van der Waals surface area contributed by atoms with Gasteiger partial charge in [0, 0.05) is 18.4 Å². The van der Waals surface area contributed by atoms with Crippen LogP contribution in [0.15, 0.2) is 0 Å². The summed E-state index contributed by atoms with van der Waals surface area (Å²) in [6.45, 7) is 7.26. The molecule has 17 heavy (non-hydrogen) atoms. The maximum Gasteiger partial charge on any atom is 0.140 e. The lowest BCUT2D eigenvalue weighted by Crippen LogP contribution is -2.41. The molecule has 0 aromatic rings. The fourth-order valence-corrected chi connectivity index (χ4v) is 2.85. The SMILES string of the molecule is CC(C)CCCC(=O)C1(CN)CCC(C)CC1. The molecule has 0 unspecified atom stereocenters. The van der Waals surface area contributed by atoms with Crippen LogP contribution in [0.1, 0.15) is 65.7 Å². The van der Waals surface area contributed by atoms with Gasteiger partial charge in [0.15, 0.2) is 0 Å². The molecule has 0 saturated heterocycles. The molecule has 0 radical (unpaired) electrons. The van der Waals surface area contributed by atoms with E-state index < -0.39 is 0 Å². The number of rotatable bonds is 6. The largest absolute Gasteiger partial charge is 0.329 e. The van der Waals surface area contributed by atoms with E-state index in [4.69, 9.17) is 5.73 Å². The summed E-state index contributed by atoms with van der Waals surface area (Å²) in [7, 11) is 0. The van der Waals surface area contributed by atoms with Gasteiger partial charge in [-0.2, -0.15) is 0 Å². The zero-order chi connectivity index (χ0) is 12.9. The second-order valence-electron chi connectivity index (χ2n) is 6.38. The number of nitrogens with two attached hydrogens (primary N) is 1. The number of hydrogen-bond acceptors (Lipinski definition) is 2. The van der Waals surface area contributed by atoms with Crippen LogP contribution >= 0.6 is 0 Å². The van der Waals surface area contributed by atoms with Crippen molar-refractivity contribution in [1.29, 1.82) is 0 Å². The van der Waals surface area contributed by atoms with Crippen LogP contribution in [0.3, 0.4) is 0 Å². The number of ketones is 1. The molecule has 2 N–H and O–H groups in total. The standard InChI is InChI=1S/C15H29NO/c1-12(2)5-4-6-14(17)15(11-16)9-7-13(3)8-10-15/h12-13H,4-11,16H2,1-3H3. The molecule has 0 heterocycles. The van der Waals surface area contributed by atoms with E-state index in [0.717, 1.165) is 38.0 Å². The molecule has 1 aliphatic rings. The van der Waals surface area contributed by atoms with Crippen LogP contribution in [0.4, 0.5) is 0 Å². The van der Waals surface area contributed by atoms with Gasteiger partial charge in [0.1, 0.15) is 5.78 Å². The fourth-order valence-electron chi connectivity index (χ4n) is 2.85. The van der Waals surface area contributed by atoms with Crippen molar-refractivity contribution in [3.05, 3.63) is 0 Å². The molecule has 100 valence electrons. The van der Waals surface area contributed by atoms with E-state index >= 15 is 0 Å². The van der Waals surface area contributed by atoms with E-state index in [9.17, 15) is 4.79 Å². The van der Waals surface area contributed by atoms with Crippen LogP contribution in [0.2, 0.25) is 0 Å². The van der Waals surface area contributed by atoms with Crippen molar-refractivity contribution in [2.24, 2.45) is 23.0 Å². The Hall–Kier alpha value is -0.370. The highest BCUT2D eigenvalue weighted by atomic mass is 16.1. The molecule has 1 aliphatic carbocycles. The van der Waals surface area contributed by atoms with Crippen LogP contribution in [0.25, 0.3) is 0 Å². The molecule has 1 rings (SSSR count). The number of hydrogen-bond donors (Lipinski definition) is 1. The molecule has 2 heteroatoms. The first-order valence-electron chi connectivity index (χ1n) is 7.23. The Bertz CT molecular complexity index is 239. The molecule has 0 aromatic carbocycles. The lowest BCUT2D eigenvalue weighted by atomic mass is 9.67. The normalized spacial score (nSPS) is 29.6. The van der Waals surface area contributed by atoms with Crippen molar-refractivity contribution in [3.8, 4) is 0 Å². The molecule has 0 atom stereocenters. The first-order valence-corrected chi connectivity index (χ1v) is 7.23. The Balaban J connectivity index is 2.46. The van der Waals surface area contributed by atoms with Gasteiger partial charge in [-0.25, -0.2) is 0 Å². The second kappa shape index (κ2) is 6.53. The average molecular weight is 239 g/mol. The lowest BCUT2D eigenvalue weighted by Gasteiger charge is -2.37. The molecular weight excluding hydrogens is 210 g/mol. The predicted molar refractivity (Wildman–Crippen MR) is 72.8 cm³/mol. The minimum atomic E-state index is -0.163. The van der Waals surface area contributed by atoms with Crippen molar-refractivity contribution < 1.29 is 4.79 Å². The van der Waals surface area contributed by atoms with Crippen LogP contribution < -0.4 is 5.73 Å². The Labute approximate surface area is 106 Å². The van der Waals surface area contributed by atoms with Crippen LogP contribution in [-0.2, 0) is 4.79 Å². The highest BCUT2D eigenvalue weighted by molar-refractivity contribution is 5.85. The van der Waals surface area contributed by atoms with E-state index in [1.807, 2.05) is 0 Å². The van der Waals surface area contributed by atoms with Crippen LogP contribution in [0.5, 0.6) is 0 Å². The molecule has 1 saturated carbocycles. The third-order valence-corrected chi connectivity index (χ3v) is 4.40. The van der Waals surface area contributed by atoms with E-state index in [1.54, 1.807) is 0 Å². The van der Waals surface area contributed by atoms with Gasteiger partial charge in [0.2, 0.25) is 0 Å². The van der Waals surface area contributed by atoms with Crippen molar-refractivity contribution in [2.75, 3.05) is 6.54 Å². The lowest BCUT2D eigenvalue weighted by molar-refractivity contribution is -0.130. The smallest absolute Gasteiger partial charge is 0.140 e. The van der Waals surface area contributed by atoms with Crippen LogP contribution in [-0.4, -0.2) is 12.3 Å². The molecule has 0 aromatic heterocycles. The van der Waals surface area contributed by atoms with Gasteiger partial charge in [0.05, 0.1) is 0 Å². The summed E-state index contributed by atoms with van der Waals surface area (Å²) >= 11 is 0. The van der Waals surface area contributed by atoms with Gasteiger partial charge >= 0.3 is 0 Å². The van der Waals surface area contributed by atoms with Crippen molar-refractivity contribution in [2.45, 2.75) is 65.7 Å². The van der Waals surface area contributed by atoms with Gasteiger partial charge in [-0.15, -0.1) is 0 Å². The fraction of sp³-hybridized carbons (Fsp3) is 0.933. The van der Waals surface area contributed by atoms with E-state index in [2.05, 4.69) is 20.8 Å². The summed E-state index contributed by atoms with van der Waals surface area (Å²) in [5, 5.41) is 0. The van der Waals surface area contributed by atoms with Crippen LogP contribution in [0, 0.1) is 17.3 Å². The number of carbonyl (C=O) groups is 1. The van der Waals surface area contributed by atoms with Gasteiger partial charge in [-0.1, -0.05) is 27.2 Å². The molecule has 1 fully saturated rings. The summed E-state index contributed by atoms with van der Waals surface area (Å²) in [5.41, 5.74) is 5.73. The summed E-state index contributed by atoms with van der Waals surface area (Å²) in [4.78, 5) is 12.4. The van der Waals surface area contributed by atoms with Gasteiger partial charge in [-0.3, -0.25) is 4.79 Å². The first-order chi connectivity index (χ1) is 8.00. The molecule has 0 amide bonds. The molecule has 0 spiro atoms. The van der Waals surface area contributed by atoms with Gasteiger partial charge < -0.3 is 5.73 Å². The maximum absolute atomic E-state index is 12.4. The molecule has 2 nitrogen and oxygen atoms in total.